The molecule has 5 nitrogen and oxygen atoms in total. The van der Waals surface area contributed by atoms with Crippen molar-refractivity contribution in [1.82, 2.24) is 14.6 Å². The number of anilines is 2. The zero-order chi connectivity index (χ0) is 20.7. The molecule has 0 aliphatic heterocycles. The van der Waals surface area contributed by atoms with Crippen LogP contribution in [0.1, 0.15) is 55.6 Å². The second-order valence-electron chi connectivity index (χ2n) is 8.49. The lowest BCUT2D eigenvalue weighted by Gasteiger charge is -2.20. The normalized spacial score (nSPS) is 13.3. The summed E-state index contributed by atoms with van der Waals surface area (Å²) in [6.45, 7) is 8.78. The van der Waals surface area contributed by atoms with Gasteiger partial charge in [0.1, 0.15) is 5.82 Å². The summed E-state index contributed by atoms with van der Waals surface area (Å²) in [4.78, 5) is 7.26. The average molecular weight is 392 g/mol. The van der Waals surface area contributed by atoms with E-state index in [1.54, 1.807) is 0 Å². The molecule has 4 rings (SSSR count). The molecule has 0 unspecified atom stereocenters. The van der Waals surface area contributed by atoms with E-state index in [0.29, 0.717) is 6.04 Å². The van der Waals surface area contributed by atoms with Crippen LogP contribution in [0.2, 0.25) is 0 Å². The zero-order valence-electron chi connectivity index (χ0n) is 18.6. The van der Waals surface area contributed by atoms with Crippen molar-refractivity contribution in [3.8, 4) is 11.1 Å². The number of benzene rings is 1. The number of aryl methyl sites for hydroxylation is 3. The Morgan fingerprint density at radius 1 is 1.14 bits per heavy atom. The molecule has 0 spiro atoms. The van der Waals surface area contributed by atoms with Crippen molar-refractivity contribution < 1.29 is 0 Å². The molecule has 154 valence electrons. The van der Waals surface area contributed by atoms with Crippen LogP contribution in [0, 0.1) is 13.8 Å². The Morgan fingerprint density at radius 2 is 1.90 bits per heavy atom. The predicted octanol–water partition coefficient (Wildman–Crippen LogP) is 5.17. The first kappa shape index (κ1) is 19.7. The van der Waals surface area contributed by atoms with Crippen molar-refractivity contribution in [2.45, 2.75) is 65.8 Å². The predicted molar refractivity (Wildman–Crippen MR) is 122 cm³/mol. The number of hydrogen-bond acceptors (Lipinski definition) is 4. The van der Waals surface area contributed by atoms with Crippen molar-refractivity contribution >= 4 is 17.2 Å². The van der Waals surface area contributed by atoms with Crippen molar-refractivity contribution in [3.63, 3.8) is 0 Å². The maximum atomic E-state index is 5.12. The second kappa shape index (κ2) is 7.69. The third-order valence-corrected chi connectivity index (χ3v) is 6.29. The number of rotatable bonds is 6. The molecule has 0 atom stereocenters. The molecule has 3 aromatic rings. The van der Waals surface area contributed by atoms with Gasteiger partial charge in [0.25, 0.3) is 0 Å². The van der Waals surface area contributed by atoms with Crippen LogP contribution in [0.25, 0.3) is 16.8 Å². The van der Waals surface area contributed by atoms with E-state index in [4.69, 9.17) is 10.1 Å². The quantitative estimate of drug-likeness (QED) is 0.630. The van der Waals surface area contributed by atoms with Crippen LogP contribution in [-0.4, -0.2) is 34.7 Å². The average Bonchev–Trinajstić information content (AvgIpc) is 3.29. The number of aromatic nitrogens is 3. The minimum Gasteiger partial charge on any atom is -0.378 e. The zero-order valence-corrected chi connectivity index (χ0v) is 18.6. The molecular formula is C24H33N5. The van der Waals surface area contributed by atoms with E-state index in [0.717, 1.165) is 48.4 Å². The maximum absolute atomic E-state index is 5.12. The largest absolute Gasteiger partial charge is 0.378 e. The first-order chi connectivity index (χ1) is 13.9. The monoisotopic (exact) mass is 391 g/mol. The fraction of sp³-hybridized carbons (Fsp3) is 0.500. The summed E-state index contributed by atoms with van der Waals surface area (Å²) in [5.74, 6) is 1.16. The van der Waals surface area contributed by atoms with Gasteiger partial charge in [0.15, 0.2) is 5.65 Å². The van der Waals surface area contributed by atoms with E-state index in [1.165, 1.54) is 34.5 Å². The van der Waals surface area contributed by atoms with Crippen LogP contribution in [0.4, 0.5) is 11.5 Å². The van der Waals surface area contributed by atoms with E-state index < -0.39 is 0 Å². The Bertz CT molecular complexity index is 1040. The molecule has 0 fully saturated rings. The Kier molecular flexibility index (Phi) is 5.24. The lowest BCUT2D eigenvalue weighted by molar-refractivity contribution is 0.661. The van der Waals surface area contributed by atoms with E-state index in [9.17, 15) is 0 Å². The number of nitrogens with zero attached hydrogens (tertiary/aromatic N) is 4. The van der Waals surface area contributed by atoms with Crippen LogP contribution in [0.3, 0.4) is 0 Å². The van der Waals surface area contributed by atoms with Crippen LogP contribution in [0.5, 0.6) is 0 Å². The molecule has 0 amide bonds. The lowest BCUT2D eigenvalue weighted by atomic mass is 10.00. The van der Waals surface area contributed by atoms with E-state index >= 15 is 0 Å². The molecule has 5 heteroatoms. The van der Waals surface area contributed by atoms with Gasteiger partial charge in [-0.2, -0.15) is 9.61 Å². The molecule has 29 heavy (non-hydrogen) atoms. The van der Waals surface area contributed by atoms with Gasteiger partial charge in [0.05, 0.1) is 5.69 Å². The molecule has 0 radical (unpaired) electrons. The van der Waals surface area contributed by atoms with Crippen LogP contribution in [-0.2, 0) is 12.8 Å². The topological polar surface area (TPSA) is 45.5 Å². The first-order valence-corrected chi connectivity index (χ1v) is 10.9. The highest BCUT2D eigenvalue weighted by molar-refractivity contribution is 5.84. The highest BCUT2D eigenvalue weighted by atomic mass is 15.3. The highest BCUT2D eigenvalue weighted by Gasteiger charge is 2.25. The van der Waals surface area contributed by atoms with Crippen molar-refractivity contribution in [1.29, 1.82) is 0 Å². The lowest BCUT2D eigenvalue weighted by Crippen LogP contribution is -2.21. The first-order valence-electron chi connectivity index (χ1n) is 10.9. The van der Waals surface area contributed by atoms with Gasteiger partial charge in [-0.25, -0.2) is 4.98 Å². The SMILES string of the molecule is CCC(CC)Nc1c2c(nc3c(-c4ccc(N(C)C)cc4C)c(C)nn13)CCC2. The third-order valence-electron chi connectivity index (χ3n) is 6.29. The summed E-state index contributed by atoms with van der Waals surface area (Å²) in [6.07, 6.45) is 5.54. The van der Waals surface area contributed by atoms with E-state index in [-0.39, 0.29) is 0 Å². The van der Waals surface area contributed by atoms with Gasteiger partial charge in [0.2, 0.25) is 0 Å². The van der Waals surface area contributed by atoms with Crippen molar-refractivity contribution in [2.24, 2.45) is 0 Å². The summed E-state index contributed by atoms with van der Waals surface area (Å²) < 4.78 is 2.08. The fourth-order valence-electron chi connectivity index (χ4n) is 4.49. The molecule has 2 aromatic heterocycles. The summed E-state index contributed by atoms with van der Waals surface area (Å²) in [5, 5.41) is 8.77. The van der Waals surface area contributed by atoms with Crippen LogP contribution in [0.15, 0.2) is 18.2 Å². The molecule has 0 saturated heterocycles. The van der Waals surface area contributed by atoms with Crippen LogP contribution < -0.4 is 10.2 Å². The van der Waals surface area contributed by atoms with Gasteiger partial charge in [-0.3, -0.25) is 0 Å². The Hall–Kier alpha value is -2.56. The fourth-order valence-corrected chi connectivity index (χ4v) is 4.49. The van der Waals surface area contributed by atoms with Gasteiger partial charge in [-0.05, 0) is 69.2 Å². The number of fused-ring (bicyclic) bond motifs is 2. The molecule has 2 heterocycles. The summed E-state index contributed by atoms with van der Waals surface area (Å²) in [6, 6.07) is 7.11. The van der Waals surface area contributed by atoms with E-state index in [1.807, 2.05) is 0 Å². The van der Waals surface area contributed by atoms with Gasteiger partial charge >= 0.3 is 0 Å². The van der Waals surface area contributed by atoms with E-state index in [2.05, 4.69) is 74.7 Å². The second-order valence-corrected chi connectivity index (χ2v) is 8.49. The Morgan fingerprint density at radius 3 is 2.55 bits per heavy atom. The summed E-state index contributed by atoms with van der Waals surface area (Å²) >= 11 is 0. The standard InChI is InChI=1S/C24H33N5/c1-7-17(8-2)25-23-20-10-9-11-21(20)26-24-22(16(4)27-29(23)24)19-13-12-18(28(5)6)14-15(19)3/h12-14,17,25H,7-11H2,1-6H3. The smallest absolute Gasteiger partial charge is 0.165 e. The molecule has 1 aromatic carbocycles. The molecule has 1 N–H and O–H groups in total. The summed E-state index contributed by atoms with van der Waals surface area (Å²) in [7, 11) is 4.16. The molecule has 1 aliphatic carbocycles. The highest BCUT2D eigenvalue weighted by Crippen LogP contribution is 2.36. The Labute approximate surface area is 174 Å². The minimum absolute atomic E-state index is 0.458. The molecular weight excluding hydrogens is 358 g/mol. The van der Waals surface area contributed by atoms with Crippen LogP contribution >= 0.6 is 0 Å². The summed E-state index contributed by atoms with van der Waals surface area (Å²) in [5.41, 5.74) is 9.48. The van der Waals surface area contributed by atoms with Gasteiger partial charge in [0, 0.05) is 42.6 Å². The van der Waals surface area contributed by atoms with Crippen molar-refractivity contribution in [2.75, 3.05) is 24.3 Å². The minimum atomic E-state index is 0.458. The number of hydrogen-bond donors (Lipinski definition) is 1. The Balaban J connectivity index is 1.93. The maximum Gasteiger partial charge on any atom is 0.165 e. The van der Waals surface area contributed by atoms with Gasteiger partial charge in [-0.15, -0.1) is 0 Å². The molecule has 1 aliphatic rings. The molecule has 0 bridgehead atoms. The van der Waals surface area contributed by atoms with Gasteiger partial charge < -0.3 is 10.2 Å². The number of nitrogens with one attached hydrogen (secondary N) is 1. The molecule has 0 saturated carbocycles. The third kappa shape index (κ3) is 3.37. The van der Waals surface area contributed by atoms with Gasteiger partial charge in [-0.1, -0.05) is 19.9 Å². The van der Waals surface area contributed by atoms with Crippen molar-refractivity contribution in [3.05, 3.63) is 40.7 Å².